The highest BCUT2D eigenvalue weighted by atomic mass is 16.5. The molecule has 0 saturated heterocycles. The Hall–Kier alpha value is -3.67. The fourth-order valence-electron chi connectivity index (χ4n) is 2.55. The monoisotopic (exact) mass is 361 g/mol. The van der Waals surface area contributed by atoms with Crippen LogP contribution in [0.4, 0.5) is 17.1 Å². The van der Waals surface area contributed by atoms with Crippen molar-refractivity contribution in [3.05, 3.63) is 78.1 Å². The normalized spacial score (nSPS) is 10.1. The van der Waals surface area contributed by atoms with Gasteiger partial charge in [0.2, 0.25) is 0 Å². The second-order valence-corrected chi connectivity index (χ2v) is 5.85. The average Bonchev–Trinajstić information content (AvgIpc) is 2.69. The molecule has 0 saturated carbocycles. The third kappa shape index (κ3) is 4.49. The topological polar surface area (TPSA) is 80.3 Å². The summed E-state index contributed by atoms with van der Waals surface area (Å²) in [4.78, 5) is 28.1. The molecule has 3 rings (SSSR count). The lowest BCUT2D eigenvalue weighted by Crippen LogP contribution is -2.14. The van der Waals surface area contributed by atoms with Gasteiger partial charge >= 0.3 is 0 Å². The Morgan fingerprint density at radius 1 is 0.963 bits per heavy atom. The van der Waals surface area contributed by atoms with Crippen LogP contribution in [-0.2, 0) is 0 Å². The highest BCUT2D eigenvalue weighted by molar-refractivity contribution is 6.04. The number of pyridine rings is 1. The molecule has 1 heterocycles. The molecule has 6 heteroatoms. The van der Waals surface area contributed by atoms with Crippen molar-refractivity contribution in [1.29, 1.82) is 0 Å². The summed E-state index contributed by atoms with van der Waals surface area (Å²) in [7, 11) is 1.60. The number of hydrogen-bond donors (Lipinski definition) is 2. The van der Waals surface area contributed by atoms with Crippen LogP contribution in [0.3, 0.4) is 0 Å². The summed E-state index contributed by atoms with van der Waals surface area (Å²) in [6.07, 6.45) is 1.55. The van der Waals surface area contributed by atoms with Gasteiger partial charge in [-0.05, 0) is 43.3 Å². The average molecular weight is 361 g/mol. The van der Waals surface area contributed by atoms with Crippen LogP contribution in [0.15, 0.2) is 66.9 Å². The van der Waals surface area contributed by atoms with E-state index in [0.29, 0.717) is 22.7 Å². The zero-order chi connectivity index (χ0) is 19.2. The van der Waals surface area contributed by atoms with Crippen molar-refractivity contribution in [2.24, 2.45) is 0 Å². The fraction of sp³-hybridized carbons (Fsp3) is 0.0952. The molecule has 2 N–H and O–H groups in total. The number of amides is 1. The van der Waals surface area contributed by atoms with Gasteiger partial charge in [-0.25, -0.2) is 0 Å². The van der Waals surface area contributed by atoms with E-state index in [9.17, 15) is 9.59 Å². The van der Waals surface area contributed by atoms with Crippen LogP contribution in [0, 0.1) is 0 Å². The van der Waals surface area contributed by atoms with E-state index < -0.39 is 0 Å². The van der Waals surface area contributed by atoms with E-state index in [0.717, 1.165) is 5.69 Å². The van der Waals surface area contributed by atoms with Gasteiger partial charge in [0.25, 0.3) is 5.91 Å². The Morgan fingerprint density at radius 3 is 2.56 bits per heavy atom. The molecular formula is C21H19N3O3. The Labute approximate surface area is 157 Å². The number of Topliss-reactive ketones (excluding diaryl/α,β-unsaturated/α-hetero) is 1. The summed E-state index contributed by atoms with van der Waals surface area (Å²) < 4.78 is 5.32. The van der Waals surface area contributed by atoms with E-state index in [1.165, 1.54) is 6.92 Å². The van der Waals surface area contributed by atoms with Gasteiger partial charge in [-0.1, -0.05) is 24.3 Å². The maximum absolute atomic E-state index is 12.5. The molecule has 0 unspecified atom stereocenters. The minimum atomic E-state index is -0.362. The van der Waals surface area contributed by atoms with Crippen LogP contribution >= 0.6 is 0 Å². The zero-order valence-electron chi connectivity index (χ0n) is 15.0. The number of rotatable bonds is 6. The molecular weight excluding hydrogens is 342 g/mol. The summed E-state index contributed by atoms with van der Waals surface area (Å²) in [5, 5.41) is 5.98. The number of ether oxygens (including phenoxy) is 1. The number of aromatic nitrogens is 1. The highest BCUT2D eigenvalue weighted by Crippen LogP contribution is 2.27. The molecule has 0 atom stereocenters. The first-order valence-electron chi connectivity index (χ1n) is 8.35. The summed E-state index contributed by atoms with van der Waals surface area (Å²) in [5.74, 6) is 0.271. The number of hydrogen-bond acceptors (Lipinski definition) is 5. The van der Waals surface area contributed by atoms with E-state index in [4.69, 9.17) is 4.74 Å². The molecule has 1 aromatic heterocycles. The number of ketones is 1. The summed E-state index contributed by atoms with van der Waals surface area (Å²) in [5.41, 5.74) is 2.82. The van der Waals surface area contributed by atoms with Gasteiger partial charge in [-0.15, -0.1) is 0 Å². The van der Waals surface area contributed by atoms with Crippen LogP contribution in [0.1, 0.15) is 27.8 Å². The minimum absolute atomic E-state index is 0.0628. The summed E-state index contributed by atoms with van der Waals surface area (Å²) in [6, 6.07) is 17.7. The smallest absolute Gasteiger partial charge is 0.274 e. The lowest BCUT2D eigenvalue weighted by atomic mass is 10.1. The number of nitrogens with one attached hydrogen (secondary N) is 2. The number of benzene rings is 2. The zero-order valence-corrected chi connectivity index (χ0v) is 15.0. The second-order valence-electron chi connectivity index (χ2n) is 5.85. The summed E-state index contributed by atoms with van der Waals surface area (Å²) >= 11 is 0. The van der Waals surface area contributed by atoms with E-state index >= 15 is 0 Å². The van der Waals surface area contributed by atoms with Gasteiger partial charge in [0.1, 0.15) is 11.4 Å². The van der Waals surface area contributed by atoms with Gasteiger partial charge in [-0.3, -0.25) is 14.6 Å². The molecule has 0 aliphatic heterocycles. The third-order valence-corrected chi connectivity index (χ3v) is 3.91. The Bertz CT molecular complexity index is 986. The number of para-hydroxylation sites is 2. The number of methoxy groups -OCH3 is 1. The van der Waals surface area contributed by atoms with Crippen molar-refractivity contribution in [2.75, 3.05) is 17.7 Å². The quantitative estimate of drug-likeness (QED) is 0.640. The van der Waals surface area contributed by atoms with E-state index in [1.54, 1.807) is 49.7 Å². The maximum Gasteiger partial charge on any atom is 0.274 e. The molecule has 0 aliphatic carbocycles. The molecule has 136 valence electrons. The minimum Gasteiger partial charge on any atom is -0.495 e. The Morgan fingerprint density at radius 2 is 1.78 bits per heavy atom. The van der Waals surface area contributed by atoms with Crippen molar-refractivity contribution >= 4 is 28.8 Å². The number of carbonyl (C=O) groups excluding carboxylic acids is 2. The van der Waals surface area contributed by atoms with Gasteiger partial charge in [0.05, 0.1) is 12.8 Å². The van der Waals surface area contributed by atoms with Crippen LogP contribution in [0.5, 0.6) is 5.75 Å². The molecule has 27 heavy (non-hydrogen) atoms. The Balaban J connectivity index is 1.78. The van der Waals surface area contributed by atoms with Crippen LogP contribution in [0.2, 0.25) is 0 Å². The van der Waals surface area contributed by atoms with Crippen LogP contribution < -0.4 is 15.4 Å². The predicted molar refractivity (Wildman–Crippen MR) is 105 cm³/mol. The largest absolute Gasteiger partial charge is 0.495 e. The molecule has 0 fully saturated rings. The predicted octanol–water partition coefficient (Wildman–Crippen LogP) is 4.29. The molecule has 0 radical (unpaired) electrons. The molecule has 1 amide bonds. The summed E-state index contributed by atoms with van der Waals surface area (Å²) in [6.45, 7) is 1.48. The molecule has 2 aromatic carbocycles. The van der Waals surface area contributed by atoms with Gasteiger partial charge < -0.3 is 15.4 Å². The first kappa shape index (κ1) is 18.1. The number of carbonyl (C=O) groups is 2. The van der Waals surface area contributed by atoms with Gasteiger partial charge in [-0.2, -0.15) is 0 Å². The van der Waals surface area contributed by atoms with Crippen LogP contribution in [-0.4, -0.2) is 23.8 Å². The maximum atomic E-state index is 12.5. The van der Waals surface area contributed by atoms with E-state index in [2.05, 4.69) is 15.6 Å². The first-order chi connectivity index (χ1) is 13.1. The van der Waals surface area contributed by atoms with Gasteiger partial charge in [0, 0.05) is 23.1 Å². The van der Waals surface area contributed by atoms with Crippen molar-refractivity contribution in [3.8, 4) is 5.75 Å². The second kappa shape index (κ2) is 8.14. The molecule has 6 nitrogen and oxygen atoms in total. The van der Waals surface area contributed by atoms with Crippen LogP contribution in [0.25, 0.3) is 0 Å². The van der Waals surface area contributed by atoms with Gasteiger partial charge in [0.15, 0.2) is 5.78 Å². The molecule has 0 aliphatic rings. The van der Waals surface area contributed by atoms with Crippen molar-refractivity contribution in [3.63, 3.8) is 0 Å². The number of nitrogens with zero attached hydrogens (tertiary/aromatic N) is 1. The lowest BCUT2D eigenvalue weighted by molar-refractivity contribution is 0.100. The van der Waals surface area contributed by atoms with E-state index in [-0.39, 0.29) is 17.4 Å². The molecule has 3 aromatic rings. The SMILES string of the molecule is COc1ccccc1Nc1ccnc(C(=O)Nc2cccc(C(C)=O)c2)c1. The van der Waals surface area contributed by atoms with E-state index in [1.807, 2.05) is 24.3 Å². The highest BCUT2D eigenvalue weighted by Gasteiger charge is 2.10. The fourth-order valence-corrected chi connectivity index (χ4v) is 2.55. The molecule has 0 bridgehead atoms. The first-order valence-corrected chi connectivity index (χ1v) is 8.35. The van der Waals surface area contributed by atoms with Crippen molar-refractivity contribution in [2.45, 2.75) is 6.92 Å². The molecule has 0 spiro atoms. The lowest BCUT2D eigenvalue weighted by Gasteiger charge is -2.11. The Kier molecular flexibility index (Phi) is 5.47. The standard InChI is InChI=1S/C21H19N3O3/c1-14(25)15-6-5-7-16(12-15)24-21(26)19-13-17(10-11-22-19)23-18-8-3-4-9-20(18)27-2/h3-13H,1-2H3,(H,22,23)(H,24,26). The van der Waals surface area contributed by atoms with Crippen molar-refractivity contribution in [1.82, 2.24) is 4.98 Å². The third-order valence-electron chi connectivity index (χ3n) is 3.91. The van der Waals surface area contributed by atoms with Crippen molar-refractivity contribution < 1.29 is 14.3 Å². The number of anilines is 3.